The third-order valence-electron chi connectivity index (χ3n) is 4.98. The van der Waals surface area contributed by atoms with Crippen molar-refractivity contribution < 1.29 is 12.8 Å². The summed E-state index contributed by atoms with van der Waals surface area (Å²) in [6.07, 6.45) is 1.48. The van der Waals surface area contributed by atoms with Crippen LogP contribution in [0.3, 0.4) is 0 Å². The second-order valence-electron chi connectivity index (χ2n) is 6.98. The molecule has 150 valence electrons. The summed E-state index contributed by atoms with van der Waals surface area (Å²) in [6.45, 7) is 3.71. The van der Waals surface area contributed by atoms with Crippen molar-refractivity contribution >= 4 is 15.8 Å². The Labute approximate surface area is 169 Å². The van der Waals surface area contributed by atoms with Gasteiger partial charge in [0.15, 0.2) is 0 Å². The van der Waals surface area contributed by atoms with Gasteiger partial charge in [0.25, 0.3) is 0 Å². The van der Waals surface area contributed by atoms with Gasteiger partial charge < -0.3 is 4.90 Å². The molecule has 29 heavy (non-hydrogen) atoms. The molecular weight excluding hydrogens is 391 g/mol. The number of nitrogens with zero attached hydrogens (tertiary/aromatic N) is 4. The Morgan fingerprint density at radius 3 is 2.34 bits per heavy atom. The number of rotatable bonds is 4. The summed E-state index contributed by atoms with van der Waals surface area (Å²) in [5.41, 5.74) is 2.42. The highest BCUT2D eigenvalue weighted by Gasteiger charge is 2.29. The summed E-state index contributed by atoms with van der Waals surface area (Å²) in [7, 11) is -3.51. The van der Waals surface area contributed by atoms with Gasteiger partial charge in [-0.05, 0) is 48.9 Å². The molecular formula is C21H21FN4O2S. The van der Waals surface area contributed by atoms with Crippen LogP contribution in [0, 0.1) is 12.7 Å². The van der Waals surface area contributed by atoms with Gasteiger partial charge in [0, 0.05) is 37.8 Å². The predicted molar refractivity (Wildman–Crippen MR) is 110 cm³/mol. The van der Waals surface area contributed by atoms with Gasteiger partial charge in [0.1, 0.15) is 18.0 Å². The molecule has 4 rings (SSSR count). The number of hydrogen-bond acceptors (Lipinski definition) is 5. The first-order valence-electron chi connectivity index (χ1n) is 9.33. The highest BCUT2D eigenvalue weighted by Crippen LogP contribution is 2.24. The van der Waals surface area contributed by atoms with Gasteiger partial charge in [0.05, 0.1) is 10.6 Å². The molecule has 0 amide bonds. The van der Waals surface area contributed by atoms with Crippen LogP contribution in [0.1, 0.15) is 5.56 Å². The topological polar surface area (TPSA) is 66.4 Å². The summed E-state index contributed by atoms with van der Waals surface area (Å²) in [5.74, 6) is 0.431. The van der Waals surface area contributed by atoms with Gasteiger partial charge in [0.2, 0.25) is 10.0 Å². The van der Waals surface area contributed by atoms with Crippen LogP contribution in [0.4, 0.5) is 10.2 Å². The van der Waals surface area contributed by atoms with Crippen LogP contribution < -0.4 is 4.90 Å². The molecule has 1 aromatic heterocycles. The van der Waals surface area contributed by atoms with Crippen LogP contribution in [-0.4, -0.2) is 48.9 Å². The first-order chi connectivity index (χ1) is 13.9. The van der Waals surface area contributed by atoms with E-state index in [-0.39, 0.29) is 5.82 Å². The number of benzene rings is 2. The highest BCUT2D eigenvalue weighted by molar-refractivity contribution is 7.89. The van der Waals surface area contributed by atoms with E-state index in [0.29, 0.717) is 36.8 Å². The van der Waals surface area contributed by atoms with Crippen molar-refractivity contribution in [2.75, 3.05) is 31.1 Å². The Hall–Kier alpha value is -2.84. The van der Waals surface area contributed by atoms with E-state index < -0.39 is 10.0 Å². The summed E-state index contributed by atoms with van der Waals surface area (Å²) in [5, 5.41) is 0. The molecule has 2 aromatic carbocycles. The minimum Gasteiger partial charge on any atom is -0.354 e. The Bertz CT molecular complexity index is 1110. The average molecular weight is 412 g/mol. The highest BCUT2D eigenvalue weighted by atomic mass is 32.2. The van der Waals surface area contributed by atoms with Crippen molar-refractivity contribution in [2.24, 2.45) is 0 Å². The Morgan fingerprint density at radius 2 is 1.66 bits per heavy atom. The lowest BCUT2D eigenvalue weighted by atomic mass is 10.1. The van der Waals surface area contributed by atoms with Crippen LogP contribution in [-0.2, 0) is 10.0 Å². The maximum Gasteiger partial charge on any atom is 0.243 e. The minimum atomic E-state index is -3.51. The Balaban J connectivity index is 1.49. The SMILES string of the molecule is Cc1cccc(S(=O)(=O)N2CCN(c3cc(-c4ccc(F)cc4)ncn3)CC2)c1. The zero-order valence-corrected chi connectivity index (χ0v) is 16.8. The van der Waals surface area contributed by atoms with E-state index in [4.69, 9.17) is 0 Å². The molecule has 0 bridgehead atoms. The summed E-state index contributed by atoms with van der Waals surface area (Å²) >= 11 is 0. The fraction of sp³-hybridized carbons (Fsp3) is 0.238. The predicted octanol–water partition coefficient (Wildman–Crippen LogP) is 3.10. The molecule has 0 aliphatic carbocycles. The molecule has 0 spiro atoms. The lowest BCUT2D eigenvalue weighted by Gasteiger charge is -2.34. The van der Waals surface area contributed by atoms with Gasteiger partial charge >= 0.3 is 0 Å². The smallest absolute Gasteiger partial charge is 0.243 e. The number of piperazine rings is 1. The number of halogens is 1. The molecule has 0 radical (unpaired) electrons. The van der Waals surface area contributed by atoms with Gasteiger partial charge in [-0.3, -0.25) is 0 Å². The molecule has 0 atom stereocenters. The quantitative estimate of drug-likeness (QED) is 0.659. The first kappa shape index (κ1) is 19.5. The lowest BCUT2D eigenvalue weighted by Crippen LogP contribution is -2.48. The molecule has 0 unspecified atom stereocenters. The monoisotopic (exact) mass is 412 g/mol. The largest absolute Gasteiger partial charge is 0.354 e. The van der Waals surface area contributed by atoms with Crippen molar-refractivity contribution in [3.8, 4) is 11.3 Å². The number of aromatic nitrogens is 2. The minimum absolute atomic E-state index is 0.297. The van der Waals surface area contributed by atoms with Crippen molar-refractivity contribution in [1.29, 1.82) is 0 Å². The van der Waals surface area contributed by atoms with E-state index in [1.54, 1.807) is 30.3 Å². The molecule has 1 saturated heterocycles. The fourth-order valence-corrected chi connectivity index (χ4v) is 4.91. The number of aryl methyl sites for hydroxylation is 1. The lowest BCUT2D eigenvalue weighted by molar-refractivity contribution is 0.383. The van der Waals surface area contributed by atoms with Crippen molar-refractivity contribution in [1.82, 2.24) is 14.3 Å². The maximum atomic E-state index is 13.2. The molecule has 6 nitrogen and oxygen atoms in total. The number of hydrogen-bond donors (Lipinski definition) is 0. The number of anilines is 1. The molecule has 3 aromatic rings. The maximum absolute atomic E-state index is 13.2. The zero-order chi connectivity index (χ0) is 20.4. The summed E-state index contributed by atoms with van der Waals surface area (Å²) in [6, 6.07) is 15.0. The van der Waals surface area contributed by atoms with Gasteiger partial charge in [-0.1, -0.05) is 12.1 Å². The molecule has 1 aliphatic heterocycles. The van der Waals surface area contributed by atoms with E-state index in [1.165, 1.54) is 22.8 Å². The van der Waals surface area contributed by atoms with Crippen LogP contribution in [0.15, 0.2) is 65.8 Å². The summed E-state index contributed by atoms with van der Waals surface area (Å²) < 4.78 is 40.5. The van der Waals surface area contributed by atoms with Gasteiger partial charge in [-0.15, -0.1) is 0 Å². The molecule has 1 aliphatic rings. The van der Waals surface area contributed by atoms with Gasteiger partial charge in [-0.2, -0.15) is 4.31 Å². The van der Waals surface area contributed by atoms with E-state index in [9.17, 15) is 12.8 Å². The zero-order valence-electron chi connectivity index (χ0n) is 16.0. The second kappa shape index (κ2) is 7.88. The van der Waals surface area contributed by atoms with Crippen molar-refractivity contribution in [2.45, 2.75) is 11.8 Å². The normalized spacial score (nSPS) is 15.4. The van der Waals surface area contributed by atoms with E-state index >= 15 is 0 Å². The number of sulfonamides is 1. The van der Waals surface area contributed by atoms with Crippen LogP contribution >= 0.6 is 0 Å². The second-order valence-corrected chi connectivity index (χ2v) is 8.91. The van der Waals surface area contributed by atoms with Crippen LogP contribution in [0.5, 0.6) is 0 Å². The van der Waals surface area contributed by atoms with E-state index in [1.807, 2.05) is 24.0 Å². The van der Waals surface area contributed by atoms with Crippen LogP contribution in [0.2, 0.25) is 0 Å². The average Bonchev–Trinajstić information content (AvgIpc) is 2.74. The molecule has 0 saturated carbocycles. The van der Waals surface area contributed by atoms with E-state index in [2.05, 4.69) is 9.97 Å². The first-order valence-corrected chi connectivity index (χ1v) is 10.8. The Morgan fingerprint density at radius 1 is 0.931 bits per heavy atom. The molecule has 8 heteroatoms. The van der Waals surface area contributed by atoms with Gasteiger partial charge in [-0.25, -0.2) is 22.8 Å². The van der Waals surface area contributed by atoms with Crippen molar-refractivity contribution in [3.05, 3.63) is 72.3 Å². The third-order valence-corrected chi connectivity index (χ3v) is 6.88. The summed E-state index contributed by atoms with van der Waals surface area (Å²) in [4.78, 5) is 11.0. The third kappa shape index (κ3) is 4.13. The fourth-order valence-electron chi connectivity index (χ4n) is 3.38. The Kier molecular flexibility index (Phi) is 5.29. The molecule has 2 heterocycles. The molecule has 1 fully saturated rings. The molecule has 0 N–H and O–H groups in total. The van der Waals surface area contributed by atoms with Crippen molar-refractivity contribution in [3.63, 3.8) is 0 Å². The standard InChI is InChI=1S/C21H21FN4O2S/c1-16-3-2-4-19(13-16)29(27,28)26-11-9-25(10-12-26)21-14-20(23-15-24-21)17-5-7-18(22)8-6-17/h2-8,13-15H,9-12H2,1H3. The van der Waals surface area contributed by atoms with E-state index in [0.717, 1.165) is 16.9 Å². The van der Waals surface area contributed by atoms with Crippen LogP contribution in [0.25, 0.3) is 11.3 Å².